The molecule has 1 aromatic rings. The van der Waals surface area contributed by atoms with E-state index in [1.54, 1.807) is 0 Å². The van der Waals surface area contributed by atoms with Crippen molar-refractivity contribution in [3.63, 3.8) is 0 Å². The molecule has 1 aromatic heterocycles. The smallest absolute Gasteiger partial charge is 0.303 e. The second-order valence-corrected chi connectivity index (χ2v) is 7.63. The quantitative estimate of drug-likeness (QED) is 0.659. The third kappa shape index (κ3) is 4.87. The van der Waals surface area contributed by atoms with Gasteiger partial charge in [0.25, 0.3) is 0 Å². The second-order valence-electron chi connectivity index (χ2n) is 7.63. The number of carboxylic acid groups (broad SMARTS) is 1. The van der Waals surface area contributed by atoms with Gasteiger partial charge in [-0.1, -0.05) is 19.3 Å². The Morgan fingerprint density at radius 1 is 1.26 bits per heavy atom. The number of aryl methyl sites for hydroxylation is 1. The van der Waals surface area contributed by atoms with E-state index in [-0.39, 0.29) is 17.9 Å². The van der Waals surface area contributed by atoms with Crippen molar-refractivity contribution in [1.29, 1.82) is 0 Å². The number of anilines is 2. The standard InChI is InChI=1S/C19H31N5O3/c1-14-15(5-6-16(25)26)17(23-18(20)22-14)21-13-19(7-3-2-4-8-19)24-9-11-27-12-10-24/h2-13H2,1H3,(H,25,26)(H3,20,21,22,23). The number of nitrogens with one attached hydrogen (secondary N) is 1. The molecule has 1 saturated carbocycles. The highest BCUT2D eigenvalue weighted by Gasteiger charge is 2.38. The topological polar surface area (TPSA) is 114 Å². The fourth-order valence-corrected chi connectivity index (χ4v) is 4.40. The maximum atomic E-state index is 11.0. The van der Waals surface area contributed by atoms with E-state index in [0.29, 0.717) is 12.2 Å². The van der Waals surface area contributed by atoms with Crippen LogP contribution in [0.1, 0.15) is 49.8 Å². The number of ether oxygens (including phenoxy) is 1. The van der Waals surface area contributed by atoms with Gasteiger partial charge in [0.1, 0.15) is 5.82 Å². The van der Waals surface area contributed by atoms with E-state index in [1.807, 2.05) is 6.92 Å². The lowest BCUT2D eigenvalue weighted by molar-refractivity contribution is -0.136. The van der Waals surface area contributed by atoms with Gasteiger partial charge in [0, 0.05) is 42.9 Å². The Kier molecular flexibility index (Phi) is 6.49. The summed E-state index contributed by atoms with van der Waals surface area (Å²) in [4.78, 5) is 22.2. The average molecular weight is 377 g/mol. The zero-order valence-electron chi connectivity index (χ0n) is 16.2. The van der Waals surface area contributed by atoms with Crippen LogP contribution >= 0.6 is 0 Å². The van der Waals surface area contributed by atoms with Gasteiger partial charge in [-0.15, -0.1) is 0 Å². The summed E-state index contributed by atoms with van der Waals surface area (Å²) in [6.07, 6.45) is 6.51. The largest absolute Gasteiger partial charge is 0.481 e. The molecule has 3 rings (SSSR count). The summed E-state index contributed by atoms with van der Waals surface area (Å²) in [5, 5.41) is 12.6. The van der Waals surface area contributed by atoms with E-state index in [4.69, 9.17) is 15.6 Å². The lowest BCUT2D eigenvalue weighted by Gasteiger charge is -2.48. The van der Waals surface area contributed by atoms with E-state index >= 15 is 0 Å². The summed E-state index contributed by atoms with van der Waals surface area (Å²) < 4.78 is 5.55. The van der Waals surface area contributed by atoms with Crippen molar-refractivity contribution in [1.82, 2.24) is 14.9 Å². The average Bonchev–Trinajstić information content (AvgIpc) is 2.66. The van der Waals surface area contributed by atoms with Crippen LogP contribution < -0.4 is 11.1 Å². The Morgan fingerprint density at radius 2 is 1.96 bits per heavy atom. The molecule has 150 valence electrons. The monoisotopic (exact) mass is 377 g/mol. The molecule has 27 heavy (non-hydrogen) atoms. The van der Waals surface area contributed by atoms with Gasteiger partial charge in [0.2, 0.25) is 5.95 Å². The first-order chi connectivity index (χ1) is 13.0. The number of hydrogen-bond donors (Lipinski definition) is 3. The summed E-state index contributed by atoms with van der Waals surface area (Å²) >= 11 is 0. The minimum Gasteiger partial charge on any atom is -0.481 e. The van der Waals surface area contributed by atoms with Crippen molar-refractivity contribution in [3.05, 3.63) is 11.3 Å². The van der Waals surface area contributed by atoms with Gasteiger partial charge in [-0.25, -0.2) is 4.98 Å². The molecule has 8 heteroatoms. The molecule has 2 fully saturated rings. The van der Waals surface area contributed by atoms with E-state index in [2.05, 4.69) is 20.2 Å². The van der Waals surface area contributed by atoms with E-state index in [9.17, 15) is 4.79 Å². The Morgan fingerprint density at radius 3 is 2.63 bits per heavy atom. The first kappa shape index (κ1) is 19.8. The van der Waals surface area contributed by atoms with E-state index < -0.39 is 5.97 Å². The summed E-state index contributed by atoms with van der Waals surface area (Å²) in [5.41, 5.74) is 7.55. The predicted octanol–water partition coefficient (Wildman–Crippen LogP) is 1.83. The van der Waals surface area contributed by atoms with E-state index in [0.717, 1.165) is 56.9 Å². The van der Waals surface area contributed by atoms with Crippen LogP contribution in [0.25, 0.3) is 0 Å². The van der Waals surface area contributed by atoms with Crippen LogP contribution in [-0.2, 0) is 16.0 Å². The lowest BCUT2D eigenvalue weighted by atomic mass is 9.79. The van der Waals surface area contributed by atoms with Gasteiger partial charge in [-0.2, -0.15) is 4.98 Å². The number of morpholine rings is 1. The van der Waals surface area contributed by atoms with Crippen molar-refractivity contribution in [3.8, 4) is 0 Å². The SMILES string of the molecule is Cc1nc(N)nc(NCC2(N3CCOCC3)CCCCC2)c1CCC(=O)O. The molecule has 0 aromatic carbocycles. The molecule has 0 bridgehead atoms. The molecule has 0 unspecified atom stereocenters. The number of carbonyl (C=O) groups is 1. The van der Waals surface area contributed by atoms with Gasteiger partial charge in [-0.05, 0) is 26.2 Å². The zero-order valence-corrected chi connectivity index (χ0v) is 16.2. The molecule has 8 nitrogen and oxygen atoms in total. The number of carboxylic acids is 1. The summed E-state index contributed by atoms with van der Waals surface area (Å²) in [7, 11) is 0. The number of hydrogen-bond acceptors (Lipinski definition) is 7. The van der Waals surface area contributed by atoms with Crippen molar-refractivity contribution in [2.24, 2.45) is 0 Å². The molecule has 0 atom stereocenters. The number of aromatic nitrogens is 2. The maximum absolute atomic E-state index is 11.0. The van der Waals surface area contributed by atoms with Crippen molar-refractivity contribution < 1.29 is 14.6 Å². The van der Waals surface area contributed by atoms with Crippen LogP contribution in [0, 0.1) is 6.92 Å². The zero-order chi connectivity index (χ0) is 19.3. The Balaban J connectivity index is 1.79. The number of aliphatic carboxylic acids is 1. The van der Waals surface area contributed by atoms with Gasteiger partial charge in [0.05, 0.1) is 13.2 Å². The third-order valence-electron chi connectivity index (χ3n) is 5.87. The molecule has 0 radical (unpaired) electrons. The van der Waals surface area contributed by atoms with Crippen LogP contribution in [0.3, 0.4) is 0 Å². The highest BCUT2D eigenvalue weighted by atomic mass is 16.5. The molecule has 1 aliphatic heterocycles. The molecule has 2 aliphatic rings. The van der Waals surface area contributed by atoms with Gasteiger partial charge in [0.15, 0.2) is 0 Å². The van der Waals surface area contributed by atoms with Crippen LogP contribution in [0.2, 0.25) is 0 Å². The first-order valence-electron chi connectivity index (χ1n) is 9.92. The molecule has 0 spiro atoms. The molecule has 0 amide bonds. The van der Waals surface area contributed by atoms with Crippen LogP contribution in [0.5, 0.6) is 0 Å². The van der Waals surface area contributed by atoms with Crippen molar-refractivity contribution >= 4 is 17.7 Å². The molecular formula is C19H31N5O3. The Hall–Kier alpha value is -1.93. The summed E-state index contributed by atoms with van der Waals surface area (Å²) in [6, 6.07) is 0. The summed E-state index contributed by atoms with van der Waals surface area (Å²) in [6.45, 7) is 6.12. The predicted molar refractivity (Wildman–Crippen MR) is 104 cm³/mol. The highest BCUT2D eigenvalue weighted by molar-refractivity contribution is 5.67. The Bertz CT molecular complexity index is 655. The number of nitrogen functional groups attached to an aromatic ring is 1. The third-order valence-corrected chi connectivity index (χ3v) is 5.87. The second kappa shape index (κ2) is 8.84. The lowest BCUT2D eigenvalue weighted by Crippen LogP contribution is -2.58. The number of nitrogens with two attached hydrogens (primary N) is 1. The normalized spacial score (nSPS) is 20.3. The van der Waals surface area contributed by atoms with Crippen molar-refractivity contribution in [2.75, 3.05) is 43.9 Å². The molecule has 1 saturated heterocycles. The number of nitrogens with zero attached hydrogens (tertiary/aromatic N) is 3. The molecule has 4 N–H and O–H groups in total. The first-order valence-corrected chi connectivity index (χ1v) is 9.92. The van der Waals surface area contributed by atoms with Gasteiger partial charge >= 0.3 is 5.97 Å². The minimum absolute atomic E-state index is 0.0530. The van der Waals surface area contributed by atoms with Crippen LogP contribution in [0.4, 0.5) is 11.8 Å². The fourth-order valence-electron chi connectivity index (χ4n) is 4.40. The van der Waals surface area contributed by atoms with Gasteiger partial charge < -0.3 is 20.9 Å². The molecular weight excluding hydrogens is 346 g/mol. The Labute approximate surface area is 160 Å². The van der Waals surface area contributed by atoms with Gasteiger partial charge in [-0.3, -0.25) is 9.69 Å². The van der Waals surface area contributed by atoms with Crippen molar-refractivity contribution in [2.45, 2.75) is 57.4 Å². The van der Waals surface area contributed by atoms with Crippen LogP contribution in [0.15, 0.2) is 0 Å². The molecule has 1 aliphatic carbocycles. The molecule has 2 heterocycles. The maximum Gasteiger partial charge on any atom is 0.303 e. The minimum atomic E-state index is -0.825. The number of rotatable bonds is 7. The van der Waals surface area contributed by atoms with E-state index in [1.165, 1.54) is 19.3 Å². The fraction of sp³-hybridized carbons (Fsp3) is 0.737. The highest BCUT2D eigenvalue weighted by Crippen LogP contribution is 2.35. The van der Waals surface area contributed by atoms with Crippen LogP contribution in [-0.4, -0.2) is 64.3 Å². The summed E-state index contributed by atoms with van der Waals surface area (Å²) in [5.74, 6) is 0.0758.